The fourth-order valence-electron chi connectivity index (χ4n) is 3.64. The maximum absolute atomic E-state index is 13.1. The van der Waals surface area contributed by atoms with E-state index in [2.05, 4.69) is 5.10 Å². The van der Waals surface area contributed by atoms with E-state index in [1.807, 2.05) is 6.92 Å². The summed E-state index contributed by atoms with van der Waals surface area (Å²) >= 11 is 0. The maximum Gasteiger partial charge on any atom is 0.248 e. The average Bonchev–Trinajstić information content (AvgIpc) is 3.18. The van der Waals surface area contributed by atoms with Crippen molar-refractivity contribution in [2.75, 3.05) is 19.7 Å². The van der Waals surface area contributed by atoms with Gasteiger partial charge in [-0.1, -0.05) is 17.7 Å². The third-order valence-corrected chi connectivity index (χ3v) is 7.03. The Morgan fingerprint density at radius 2 is 2.00 bits per heavy atom. The van der Waals surface area contributed by atoms with Crippen LogP contribution in [0.5, 0.6) is 0 Å². The summed E-state index contributed by atoms with van der Waals surface area (Å²) in [5.74, 6) is -0.138. The first-order chi connectivity index (χ1) is 13.4. The first-order valence-corrected chi connectivity index (χ1v) is 10.9. The standard InChI is InChI=1S/C19H24N4O4S/c1-15-4-6-18(7-5-15)28(25,26)21-13-16-8-9-20-23(16)17(14-21)12-19(24)22-10-2-3-11-27-22/h4-9,17H,2-3,10-14H2,1H3/t17-/m0/s1. The lowest BCUT2D eigenvalue weighted by Crippen LogP contribution is -2.44. The molecule has 8 nitrogen and oxygen atoms in total. The van der Waals surface area contributed by atoms with E-state index in [-0.39, 0.29) is 36.4 Å². The lowest BCUT2D eigenvalue weighted by atomic mass is 10.1. The highest BCUT2D eigenvalue weighted by atomic mass is 32.2. The van der Waals surface area contributed by atoms with Crippen molar-refractivity contribution in [3.63, 3.8) is 0 Å². The Balaban J connectivity index is 1.57. The second-order valence-corrected chi connectivity index (χ2v) is 9.21. The minimum atomic E-state index is -3.66. The molecule has 1 aromatic carbocycles. The fraction of sp³-hybridized carbons (Fsp3) is 0.474. The zero-order chi connectivity index (χ0) is 19.7. The van der Waals surface area contributed by atoms with E-state index in [1.165, 1.54) is 9.37 Å². The summed E-state index contributed by atoms with van der Waals surface area (Å²) in [6, 6.07) is 8.26. The lowest BCUT2D eigenvalue weighted by Gasteiger charge is -2.34. The molecule has 0 bridgehead atoms. The van der Waals surface area contributed by atoms with Crippen molar-refractivity contribution in [2.24, 2.45) is 0 Å². The van der Waals surface area contributed by atoms with E-state index in [9.17, 15) is 13.2 Å². The third kappa shape index (κ3) is 3.69. The molecule has 0 spiro atoms. The molecular formula is C19H24N4O4S. The van der Waals surface area contributed by atoms with Crippen LogP contribution in [0.2, 0.25) is 0 Å². The number of sulfonamides is 1. The highest BCUT2D eigenvalue weighted by Gasteiger charge is 2.35. The third-order valence-electron chi connectivity index (χ3n) is 5.20. The summed E-state index contributed by atoms with van der Waals surface area (Å²) in [4.78, 5) is 18.4. The SMILES string of the molecule is Cc1ccc(S(=O)(=O)N2Cc3ccnn3[C@@H](CC(=O)N3CCCCO3)C2)cc1. The number of amides is 1. The molecule has 4 rings (SSSR count). The number of carbonyl (C=O) groups excluding carboxylic acids is 1. The number of hydroxylamine groups is 2. The normalized spacial score (nSPS) is 20.8. The van der Waals surface area contributed by atoms with Crippen molar-refractivity contribution < 1.29 is 18.0 Å². The van der Waals surface area contributed by atoms with Crippen LogP contribution < -0.4 is 0 Å². The largest absolute Gasteiger partial charge is 0.273 e. The molecule has 0 unspecified atom stereocenters. The number of carbonyl (C=O) groups is 1. The van der Waals surface area contributed by atoms with Gasteiger partial charge in [-0.05, 0) is 38.0 Å². The van der Waals surface area contributed by atoms with Crippen molar-refractivity contribution in [1.29, 1.82) is 0 Å². The molecule has 3 heterocycles. The second-order valence-electron chi connectivity index (χ2n) is 7.27. The van der Waals surface area contributed by atoms with Crippen LogP contribution in [0.3, 0.4) is 0 Å². The van der Waals surface area contributed by atoms with Crippen LogP contribution in [-0.4, -0.2) is 53.2 Å². The number of hydrogen-bond donors (Lipinski definition) is 0. The van der Waals surface area contributed by atoms with Crippen LogP contribution in [0, 0.1) is 6.92 Å². The Hall–Kier alpha value is -2.23. The van der Waals surface area contributed by atoms with Crippen LogP contribution in [-0.2, 0) is 26.2 Å². The predicted molar refractivity (Wildman–Crippen MR) is 102 cm³/mol. The first kappa shape index (κ1) is 19.1. The predicted octanol–water partition coefficient (Wildman–Crippen LogP) is 1.88. The minimum Gasteiger partial charge on any atom is -0.273 e. The summed E-state index contributed by atoms with van der Waals surface area (Å²) in [5.41, 5.74) is 1.78. The van der Waals surface area contributed by atoms with Gasteiger partial charge in [0, 0.05) is 19.3 Å². The van der Waals surface area contributed by atoms with Gasteiger partial charge in [0.1, 0.15) is 0 Å². The van der Waals surface area contributed by atoms with E-state index < -0.39 is 10.0 Å². The van der Waals surface area contributed by atoms with E-state index in [0.717, 1.165) is 24.1 Å². The fourth-order valence-corrected chi connectivity index (χ4v) is 5.09. The van der Waals surface area contributed by atoms with Gasteiger partial charge in [-0.3, -0.25) is 14.3 Å². The number of aryl methyl sites for hydroxylation is 1. The minimum absolute atomic E-state index is 0.138. The zero-order valence-corrected chi connectivity index (χ0v) is 16.6. The van der Waals surface area contributed by atoms with Crippen LogP contribution >= 0.6 is 0 Å². The molecule has 1 amide bonds. The summed E-state index contributed by atoms with van der Waals surface area (Å²) in [7, 11) is -3.66. The van der Waals surface area contributed by atoms with Crippen molar-refractivity contribution >= 4 is 15.9 Å². The van der Waals surface area contributed by atoms with Gasteiger partial charge in [0.25, 0.3) is 0 Å². The monoisotopic (exact) mass is 404 g/mol. The molecule has 0 aliphatic carbocycles. The molecule has 2 aromatic rings. The average molecular weight is 404 g/mol. The highest BCUT2D eigenvalue weighted by molar-refractivity contribution is 7.89. The van der Waals surface area contributed by atoms with Crippen LogP contribution in [0.15, 0.2) is 41.4 Å². The Morgan fingerprint density at radius 1 is 1.21 bits per heavy atom. The molecule has 150 valence electrons. The summed E-state index contributed by atoms with van der Waals surface area (Å²) in [5, 5.41) is 5.72. The van der Waals surface area contributed by atoms with Gasteiger partial charge in [0.2, 0.25) is 15.9 Å². The van der Waals surface area contributed by atoms with E-state index in [4.69, 9.17) is 4.84 Å². The molecule has 1 saturated heterocycles. The van der Waals surface area contributed by atoms with Gasteiger partial charge in [-0.15, -0.1) is 0 Å². The summed E-state index contributed by atoms with van der Waals surface area (Å²) in [6.07, 6.45) is 3.65. The van der Waals surface area contributed by atoms with Crippen molar-refractivity contribution in [3.8, 4) is 0 Å². The quantitative estimate of drug-likeness (QED) is 0.777. The Morgan fingerprint density at radius 3 is 2.71 bits per heavy atom. The number of fused-ring (bicyclic) bond motifs is 1. The van der Waals surface area contributed by atoms with Crippen molar-refractivity contribution in [2.45, 2.75) is 43.7 Å². The van der Waals surface area contributed by atoms with Gasteiger partial charge in [-0.2, -0.15) is 9.40 Å². The topological polar surface area (TPSA) is 84.7 Å². The summed E-state index contributed by atoms with van der Waals surface area (Å²) < 4.78 is 29.5. The zero-order valence-electron chi connectivity index (χ0n) is 15.8. The number of rotatable bonds is 4. The second kappa shape index (κ2) is 7.65. The molecule has 1 fully saturated rings. The summed E-state index contributed by atoms with van der Waals surface area (Å²) in [6.45, 7) is 3.46. The van der Waals surface area contributed by atoms with Gasteiger partial charge in [0.15, 0.2) is 0 Å². The van der Waals surface area contributed by atoms with Crippen LogP contribution in [0.1, 0.15) is 36.6 Å². The molecule has 0 saturated carbocycles. The molecule has 0 radical (unpaired) electrons. The molecule has 2 aliphatic heterocycles. The number of benzene rings is 1. The molecular weight excluding hydrogens is 380 g/mol. The van der Waals surface area contributed by atoms with E-state index >= 15 is 0 Å². The van der Waals surface area contributed by atoms with Gasteiger partial charge < -0.3 is 0 Å². The molecule has 2 aliphatic rings. The Kier molecular flexibility index (Phi) is 5.22. The first-order valence-electron chi connectivity index (χ1n) is 9.47. The van der Waals surface area contributed by atoms with Crippen LogP contribution in [0.4, 0.5) is 0 Å². The molecule has 28 heavy (non-hydrogen) atoms. The van der Waals surface area contributed by atoms with E-state index in [0.29, 0.717) is 13.2 Å². The molecule has 9 heteroatoms. The number of nitrogens with zero attached hydrogens (tertiary/aromatic N) is 4. The van der Waals surface area contributed by atoms with Crippen molar-refractivity contribution in [3.05, 3.63) is 47.8 Å². The Bertz CT molecular complexity index is 949. The van der Waals surface area contributed by atoms with E-state index in [1.54, 1.807) is 41.2 Å². The number of hydrogen-bond acceptors (Lipinski definition) is 5. The number of aromatic nitrogens is 2. The van der Waals surface area contributed by atoms with Crippen LogP contribution in [0.25, 0.3) is 0 Å². The maximum atomic E-state index is 13.1. The smallest absolute Gasteiger partial charge is 0.248 e. The van der Waals surface area contributed by atoms with Crippen molar-refractivity contribution in [1.82, 2.24) is 19.1 Å². The molecule has 1 aromatic heterocycles. The van der Waals surface area contributed by atoms with Gasteiger partial charge >= 0.3 is 0 Å². The Labute approximate surface area is 164 Å². The van der Waals surface area contributed by atoms with Gasteiger partial charge in [0.05, 0.1) is 36.2 Å². The molecule has 1 atom stereocenters. The molecule has 0 N–H and O–H groups in total. The lowest BCUT2D eigenvalue weighted by molar-refractivity contribution is -0.198. The highest BCUT2D eigenvalue weighted by Crippen LogP contribution is 2.29. The van der Waals surface area contributed by atoms with Gasteiger partial charge in [-0.25, -0.2) is 13.5 Å².